The Hall–Kier alpha value is -5.49. The van der Waals surface area contributed by atoms with E-state index in [4.69, 9.17) is 71.1 Å². The molecule has 22 aliphatic rings. The Labute approximate surface area is 618 Å². The van der Waals surface area contributed by atoms with Crippen molar-refractivity contribution in [2.24, 2.45) is 0 Å². The van der Waals surface area contributed by atoms with E-state index < -0.39 is 304 Å². The van der Waals surface area contributed by atoms with Crippen molar-refractivity contribution >= 4 is 18.0 Å². The number of amides is 2. The topological polar surface area (TPSA) is 630 Å². The number of hydrogen-bond donors (Lipinski definition) is 22. The molecule has 36 atom stereocenters. The zero-order valence-corrected chi connectivity index (χ0v) is 57.6. The summed E-state index contributed by atoms with van der Waals surface area (Å²) in [6.45, 7) is -9.35. The van der Waals surface area contributed by atoms with E-state index in [1.54, 1.807) is 66.7 Å². The summed E-state index contributed by atoms with van der Waals surface area (Å²) in [6, 6.07) is 20.9. The van der Waals surface area contributed by atoms with Crippen LogP contribution in [-0.2, 0) is 87.1 Å². The van der Waals surface area contributed by atoms with Gasteiger partial charge in [-0.05, 0) is 27.8 Å². The van der Waals surface area contributed by atoms with Crippen molar-refractivity contribution in [2.75, 3.05) is 59.3 Å². The summed E-state index contributed by atoms with van der Waals surface area (Å²) in [5.74, 6) is -3.26. The monoisotopic (exact) mass is 1560 g/mol. The number of ether oxygens (including phenoxy) is 15. The summed E-state index contributed by atoms with van der Waals surface area (Å²) < 4.78 is 88.4. The molecule has 1 aliphatic carbocycles. The lowest BCUT2D eigenvalue weighted by Gasteiger charge is -2.50. The molecule has 21 saturated heterocycles. The van der Waals surface area contributed by atoms with Gasteiger partial charge in [0.25, 0.3) is 0 Å². The normalized spacial score (nSPS) is 43.1. The first-order valence-electron chi connectivity index (χ1n) is 35.2. The van der Waals surface area contributed by atoms with Gasteiger partial charge in [0.15, 0.2) is 44.0 Å². The highest BCUT2D eigenvalue weighted by molar-refractivity contribution is 5.87. The number of nitrogens with one attached hydrogen (secondary N) is 1. The number of nitrogens with zero attached hydrogens (tertiary/aromatic N) is 1. The zero-order chi connectivity index (χ0) is 78.1. The maximum atomic E-state index is 15.0. The molecule has 608 valence electrons. The number of carbonyl (C=O) groups excluding carboxylic acids is 2. The molecule has 21 heterocycles. The predicted molar refractivity (Wildman–Crippen MR) is 348 cm³/mol. The van der Waals surface area contributed by atoms with Crippen molar-refractivity contribution in [1.29, 1.82) is 0 Å². The van der Waals surface area contributed by atoms with E-state index in [1.165, 1.54) is 0 Å². The van der Waals surface area contributed by atoms with Gasteiger partial charge in [-0.15, -0.1) is 0 Å². The second kappa shape index (κ2) is 35.9. The average Bonchev–Trinajstić information content (AvgIpc) is 1.70. The summed E-state index contributed by atoms with van der Waals surface area (Å²) in [4.78, 5) is 42.8. The Morgan fingerprint density at radius 1 is 0.358 bits per heavy atom. The SMILES string of the molecule is O=C(CN(C[C@H]1O[C@@H]2O[C@H]3[C@H](O)[C@@H](O)[C@@H](O[C@H]4[C@H](O)[C@@H](O)[C@@H](O[C@H]5[C@H](O)[C@@H](O)[C@@H](O[C@H]6[C@H](O)[C@@H](O)[C@@H](O[C@H]7[C@H](O)[C@@H](O)[C@@H](O[C@H]8[C@H](O)[C@@H](O)[C@@H](O[C@H]1[C@H](O)[C@H]2O)O[C@@H]8CO)O[C@@H]7CO)O[C@@H]6CO)O[C@@H]5CO)O[C@@H]4CO)O[C@@H]3CO)C(=O)OCC1c2ccccc2-c2ccccc21)N[C@@H](Cc1ccccc1)C(=O)O. The molecule has 41 nitrogen and oxygen atoms in total. The van der Waals surface area contributed by atoms with Gasteiger partial charge in [0.1, 0.15) is 190 Å². The molecule has 109 heavy (non-hydrogen) atoms. The standard InChI is InChI=1S/C68H92N2O39/c71-17-32-54-41(80)48(87)63(98-32)106-56-34(19-73)100-65(50(89)43(56)82)108-58-36(21-75)102-67(52(91)45(58)84)109-59-37(22-76)101-66(51(90)44(59)83)107-57-35(20-74)99-64(49(88)42(57)81)105-55-33(18-72)97-62(47(86)40(55)79)103-53-31(96-61(104-54)46(85)39(53)78)15-70(16-38(77)69-30(60(92)93)14-24-8-2-1-3-9-24)68(94)95-23-29-27-12-6-4-10-25(27)26-11-5-7-13-28(26)29/h1-13,29-37,39-59,61-67,71-76,78-91H,14-23H2,(H,69,77)(H,92,93)/t30-,31+,32+,33+,34+,35+,36+,37+,39+,40+,41+,42+,43+,44+,45+,46+,47+,48+,49+,50+,51+,52+,53+,54+,55+,56+,57+,58+,59+,61+,62+,63+,64+,65+,66+,67+/m0/s1. The molecule has 22 N–H and O–H groups in total. The van der Waals surface area contributed by atoms with Crippen LogP contribution >= 0.6 is 0 Å². The number of aliphatic hydroxyl groups excluding tert-OH is 20. The number of fused-ring (bicyclic) bond motifs is 3. The minimum absolute atomic E-state index is 0.267. The Morgan fingerprint density at radius 3 is 0.908 bits per heavy atom. The number of carboxylic acid groups (broad SMARTS) is 1. The summed E-state index contributed by atoms with van der Waals surface area (Å²) in [5.41, 5.74) is 3.57. The van der Waals surface area contributed by atoms with Crippen molar-refractivity contribution in [3.05, 3.63) is 95.6 Å². The van der Waals surface area contributed by atoms with Crippen LogP contribution in [0.4, 0.5) is 4.79 Å². The second-order valence-corrected chi connectivity index (χ2v) is 27.8. The van der Waals surface area contributed by atoms with Gasteiger partial charge in [0.2, 0.25) is 5.91 Å². The fourth-order valence-corrected chi connectivity index (χ4v) is 15.0. The summed E-state index contributed by atoms with van der Waals surface area (Å²) in [7, 11) is 0. The van der Waals surface area contributed by atoms with E-state index in [1.807, 2.05) is 12.1 Å². The van der Waals surface area contributed by atoms with Gasteiger partial charge in [0, 0.05) is 12.3 Å². The van der Waals surface area contributed by atoms with Gasteiger partial charge in [-0.2, -0.15) is 0 Å². The van der Waals surface area contributed by atoms with E-state index in [0.717, 1.165) is 22.3 Å². The number of rotatable bonds is 16. The molecule has 0 saturated carbocycles. The molecule has 3 aromatic carbocycles. The van der Waals surface area contributed by atoms with Crippen molar-refractivity contribution in [2.45, 2.75) is 233 Å². The second-order valence-electron chi connectivity index (χ2n) is 27.8. The number of carboxylic acids is 1. The highest BCUT2D eigenvalue weighted by Gasteiger charge is 2.60. The van der Waals surface area contributed by atoms with Crippen LogP contribution in [-0.4, -0.2) is 410 Å². The first-order chi connectivity index (χ1) is 52.2. The molecular weight excluding hydrogens is 1470 g/mol. The highest BCUT2D eigenvalue weighted by Crippen LogP contribution is 2.46. The summed E-state index contributed by atoms with van der Waals surface area (Å²) >= 11 is 0. The van der Waals surface area contributed by atoms with Crippen LogP contribution in [0.3, 0.4) is 0 Å². The first kappa shape index (κ1) is 83.0. The average molecular weight is 1560 g/mol. The van der Waals surface area contributed by atoms with Crippen molar-refractivity contribution in [3.8, 4) is 11.1 Å². The van der Waals surface area contributed by atoms with Gasteiger partial charge >= 0.3 is 12.1 Å². The van der Waals surface area contributed by atoms with Crippen LogP contribution in [0, 0.1) is 0 Å². The third-order valence-electron chi connectivity index (χ3n) is 20.8. The zero-order valence-electron chi connectivity index (χ0n) is 57.6. The minimum atomic E-state index is -2.46. The fourth-order valence-electron chi connectivity index (χ4n) is 15.0. The fraction of sp³-hybridized carbons (Fsp3) is 0.691. The van der Waals surface area contributed by atoms with Gasteiger partial charge in [-0.3, -0.25) is 9.69 Å². The van der Waals surface area contributed by atoms with Gasteiger partial charge < -0.3 is 184 Å². The molecule has 21 aliphatic heterocycles. The Bertz CT molecular complexity index is 3410. The van der Waals surface area contributed by atoms with E-state index in [-0.39, 0.29) is 6.42 Å². The molecule has 25 rings (SSSR count). The van der Waals surface area contributed by atoms with Crippen LogP contribution in [0.5, 0.6) is 0 Å². The van der Waals surface area contributed by atoms with Crippen LogP contribution in [0.15, 0.2) is 78.9 Å². The Kier molecular flexibility index (Phi) is 27.3. The van der Waals surface area contributed by atoms with E-state index in [0.29, 0.717) is 10.5 Å². The van der Waals surface area contributed by atoms with E-state index >= 15 is 0 Å². The Balaban J connectivity index is 0.873. The lowest BCUT2D eigenvalue weighted by molar-refractivity contribution is -0.396. The number of aliphatic carboxylic acids is 1. The molecular formula is C68H92N2O39. The summed E-state index contributed by atoms with van der Waals surface area (Å²) in [5, 5.41) is 241. The third-order valence-corrected chi connectivity index (χ3v) is 20.8. The van der Waals surface area contributed by atoms with E-state index in [9.17, 15) is 122 Å². The lowest BCUT2D eigenvalue weighted by atomic mass is 9.95. The minimum Gasteiger partial charge on any atom is -0.480 e. The molecule has 2 amide bonds. The molecule has 0 unspecified atom stereocenters. The Morgan fingerprint density at radius 2 is 0.624 bits per heavy atom. The number of carbonyl (C=O) groups is 3. The van der Waals surface area contributed by atoms with Crippen LogP contribution in [0.25, 0.3) is 11.1 Å². The third kappa shape index (κ3) is 17.2. The maximum absolute atomic E-state index is 15.0. The first-order valence-corrected chi connectivity index (χ1v) is 35.2. The van der Waals surface area contributed by atoms with Gasteiger partial charge in [-0.25, -0.2) is 9.59 Å². The highest BCUT2D eigenvalue weighted by atomic mass is 16.8. The molecule has 41 heteroatoms. The molecule has 21 fully saturated rings. The van der Waals surface area contributed by atoms with Crippen molar-refractivity contribution in [3.63, 3.8) is 0 Å². The molecule has 0 aromatic heterocycles. The summed E-state index contributed by atoms with van der Waals surface area (Å²) in [6.07, 6.45) is -76.8. The number of benzene rings is 3. The molecule has 0 radical (unpaired) electrons. The van der Waals surface area contributed by atoms with E-state index in [2.05, 4.69) is 5.32 Å². The van der Waals surface area contributed by atoms with Gasteiger partial charge in [0.05, 0.1) is 46.2 Å². The molecule has 0 spiro atoms. The smallest absolute Gasteiger partial charge is 0.410 e. The van der Waals surface area contributed by atoms with Crippen LogP contribution < -0.4 is 5.32 Å². The largest absolute Gasteiger partial charge is 0.480 e. The van der Waals surface area contributed by atoms with Crippen LogP contribution in [0.2, 0.25) is 0 Å². The van der Waals surface area contributed by atoms with Gasteiger partial charge in [-0.1, -0.05) is 78.9 Å². The van der Waals surface area contributed by atoms with Crippen molar-refractivity contribution in [1.82, 2.24) is 10.2 Å². The molecule has 3 aromatic rings. The quantitative estimate of drug-likeness (QED) is 0.0633. The van der Waals surface area contributed by atoms with Crippen LogP contribution in [0.1, 0.15) is 22.6 Å². The lowest BCUT2D eigenvalue weighted by Crippen LogP contribution is -2.68. The number of hydrogen-bond acceptors (Lipinski definition) is 38. The molecule has 14 bridgehead atoms. The number of aliphatic hydroxyl groups is 20. The predicted octanol–water partition coefficient (Wildman–Crippen LogP) is -11.2. The van der Waals surface area contributed by atoms with Crippen molar-refractivity contribution < 1.29 is 193 Å². The maximum Gasteiger partial charge on any atom is 0.410 e.